The van der Waals surface area contributed by atoms with Crippen LogP contribution in [0.4, 0.5) is 13.2 Å². The highest BCUT2D eigenvalue weighted by Crippen LogP contribution is 2.38. The molecule has 3 rings (SSSR count). The van der Waals surface area contributed by atoms with Gasteiger partial charge in [0, 0.05) is 30.2 Å². The molecule has 1 amide bonds. The Hall–Kier alpha value is -2.51. The summed E-state index contributed by atoms with van der Waals surface area (Å²) in [6.07, 6.45) is -3.04. The van der Waals surface area contributed by atoms with Crippen LogP contribution in [-0.4, -0.2) is 46.1 Å². The molecule has 0 bridgehead atoms. The molecule has 1 aliphatic rings. The minimum absolute atomic E-state index is 0.0677. The number of fused-ring (bicyclic) bond motifs is 1. The van der Waals surface area contributed by atoms with Crippen molar-refractivity contribution in [3.05, 3.63) is 35.5 Å². The number of hydrogen-bond acceptors (Lipinski definition) is 2. The van der Waals surface area contributed by atoms with Gasteiger partial charge in [0.2, 0.25) is 5.91 Å². The quantitative estimate of drug-likeness (QED) is 0.890. The maximum Gasteiger partial charge on any atom is 0.394 e. The minimum atomic E-state index is -4.64. The average Bonchev–Trinajstić information content (AvgIpc) is 3.12. The van der Waals surface area contributed by atoms with Crippen LogP contribution in [0.25, 0.3) is 10.9 Å². The van der Waals surface area contributed by atoms with E-state index >= 15 is 0 Å². The van der Waals surface area contributed by atoms with Gasteiger partial charge in [0.15, 0.2) is 0 Å². The zero-order valence-corrected chi connectivity index (χ0v) is 13.4. The molecular weight excluding hydrogens is 337 g/mol. The maximum absolute atomic E-state index is 13.0. The predicted octanol–water partition coefficient (Wildman–Crippen LogP) is 2.74. The molecule has 1 aromatic carbocycles. The number of H-pyrrole nitrogens is 1. The number of halogens is 3. The lowest BCUT2D eigenvalue weighted by atomic mass is 9.96. The van der Waals surface area contributed by atoms with Crippen LogP contribution in [0, 0.1) is 18.8 Å². The fourth-order valence-corrected chi connectivity index (χ4v) is 3.45. The van der Waals surface area contributed by atoms with Gasteiger partial charge in [0.1, 0.15) is 0 Å². The zero-order chi connectivity index (χ0) is 18.4. The van der Waals surface area contributed by atoms with E-state index in [4.69, 9.17) is 5.11 Å². The molecule has 0 spiro atoms. The van der Waals surface area contributed by atoms with Crippen molar-refractivity contribution < 1.29 is 27.9 Å². The number of carbonyl (C=O) groups excluding carboxylic acids is 1. The molecule has 1 aliphatic heterocycles. The number of carboxylic acids is 1. The van der Waals surface area contributed by atoms with Crippen LogP contribution in [0.1, 0.15) is 11.1 Å². The standard InChI is InChI=1S/C17H17F3N2O3/c1-9-3-2-4-13-15(9)10(6-21-13)5-14(23)22-7-11(16(24)25)12(8-22)17(18,19)20/h2-4,6,11-12,21H,5,7-8H2,1H3,(H,24,25)/t11-,12-/m1/s1. The third kappa shape index (κ3) is 3.20. The molecule has 2 N–H and O–H groups in total. The fraction of sp³-hybridized carbons (Fsp3) is 0.412. The van der Waals surface area contributed by atoms with Crippen molar-refractivity contribution in [2.45, 2.75) is 19.5 Å². The summed E-state index contributed by atoms with van der Waals surface area (Å²) in [5, 5.41) is 9.91. The summed E-state index contributed by atoms with van der Waals surface area (Å²) in [6, 6.07) is 5.61. The number of nitrogens with zero attached hydrogens (tertiary/aromatic N) is 1. The molecule has 5 nitrogen and oxygen atoms in total. The number of aromatic nitrogens is 1. The second kappa shape index (κ2) is 6.09. The van der Waals surface area contributed by atoms with E-state index in [9.17, 15) is 22.8 Å². The number of nitrogens with one attached hydrogen (secondary N) is 1. The highest BCUT2D eigenvalue weighted by molar-refractivity contribution is 5.91. The molecule has 0 radical (unpaired) electrons. The van der Waals surface area contributed by atoms with Gasteiger partial charge in [-0.05, 0) is 24.1 Å². The summed E-state index contributed by atoms with van der Waals surface area (Å²) in [6.45, 7) is 0.862. The van der Waals surface area contributed by atoms with Crippen molar-refractivity contribution in [3.63, 3.8) is 0 Å². The minimum Gasteiger partial charge on any atom is -0.481 e. The summed E-state index contributed by atoms with van der Waals surface area (Å²) < 4.78 is 39.1. The molecule has 0 aliphatic carbocycles. The Balaban J connectivity index is 1.81. The number of alkyl halides is 3. The van der Waals surface area contributed by atoms with Gasteiger partial charge >= 0.3 is 12.1 Å². The van der Waals surface area contributed by atoms with Gasteiger partial charge in [-0.1, -0.05) is 12.1 Å². The van der Waals surface area contributed by atoms with Crippen LogP contribution in [-0.2, 0) is 16.0 Å². The summed E-state index contributed by atoms with van der Waals surface area (Å²) in [7, 11) is 0. The van der Waals surface area contributed by atoms with E-state index in [0.29, 0.717) is 5.56 Å². The molecule has 1 aromatic heterocycles. The molecule has 8 heteroatoms. The molecule has 2 heterocycles. The van der Waals surface area contributed by atoms with Crippen molar-refractivity contribution in [2.75, 3.05) is 13.1 Å². The van der Waals surface area contributed by atoms with Crippen molar-refractivity contribution >= 4 is 22.8 Å². The number of aliphatic carboxylic acids is 1. The van der Waals surface area contributed by atoms with Crippen LogP contribution in [0.3, 0.4) is 0 Å². The average molecular weight is 354 g/mol. The van der Waals surface area contributed by atoms with Crippen molar-refractivity contribution in [2.24, 2.45) is 11.8 Å². The second-order valence-corrected chi connectivity index (χ2v) is 6.38. The van der Waals surface area contributed by atoms with E-state index in [1.807, 2.05) is 25.1 Å². The number of aromatic amines is 1. The first-order valence-corrected chi connectivity index (χ1v) is 7.81. The maximum atomic E-state index is 13.0. The molecule has 1 fully saturated rings. The third-order valence-electron chi connectivity index (χ3n) is 4.75. The van der Waals surface area contributed by atoms with Crippen molar-refractivity contribution in [1.82, 2.24) is 9.88 Å². The van der Waals surface area contributed by atoms with Gasteiger partial charge in [-0.25, -0.2) is 0 Å². The number of likely N-dealkylation sites (tertiary alicyclic amines) is 1. The van der Waals surface area contributed by atoms with Gasteiger partial charge < -0.3 is 15.0 Å². The molecule has 0 unspecified atom stereocenters. The van der Waals surface area contributed by atoms with E-state index in [0.717, 1.165) is 21.4 Å². The summed E-state index contributed by atoms with van der Waals surface area (Å²) in [4.78, 5) is 27.6. The number of hydrogen-bond donors (Lipinski definition) is 2. The topological polar surface area (TPSA) is 73.4 Å². The Morgan fingerprint density at radius 2 is 2.04 bits per heavy atom. The Morgan fingerprint density at radius 3 is 2.64 bits per heavy atom. The van der Waals surface area contributed by atoms with Gasteiger partial charge in [-0.2, -0.15) is 13.2 Å². The Labute approximate surface area is 141 Å². The number of amides is 1. The first-order chi connectivity index (χ1) is 11.7. The molecule has 134 valence electrons. The van der Waals surface area contributed by atoms with Gasteiger partial charge in [-0.15, -0.1) is 0 Å². The number of carbonyl (C=O) groups is 2. The molecular formula is C17H17F3N2O3. The molecule has 0 saturated carbocycles. The van der Waals surface area contributed by atoms with Crippen LogP contribution >= 0.6 is 0 Å². The van der Waals surface area contributed by atoms with Crippen LogP contribution in [0.5, 0.6) is 0 Å². The third-order valence-corrected chi connectivity index (χ3v) is 4.75. The largest absolute Gasteiger partial charge is 0.481 e. The Bertz CT molecular complexity index is 828. The number of rotatable bonds is 3. The Kier molecular flexibility index (Phi) is 4.22. The lowest BCUT2D eigenvalue weighted by Crippen LogP contribution is -2.34. The first-order valence-electron chi connectivity index (χ1n) is 7.81. The van der Waals surface area contributed by atoms with Crippen LogP contribution < -0.4 is 0 Å². The molecule has 2 aromatic rings. The van der Waals surface area contributed by atoms with E-state index in [2.05, 4.69) is 4.98 Å². The fourth-order valence-electron chi connectivity index (χ4n) is 3.45. The first kappa shape index (κ1) is 17.3. The summed E-state index contributed by atoms with van der Waals surface area (Å²) in [5.74, 6) is -5.67. The molecule has 1 saturated heterocycles. The highest BCUT2D eigenvalue weighted by Gasteiger charge is 2.53. The predicted molar refractivity (Wildman–Crippen MR) is 84.0 cm³/mol. The zero-order valence-electron chi connectivity index (χ0n) is 13.4. The Morgan fingerprint density at radius 1 is 1.32 bits per heavy atom. The lowest BCUT2D eigenvalue weighted by Gasteiger charge is -2.18. The van der Waals surface area contributed by atoms with Gasteiger partial charge in [0.25, 0.3) is 0 Å². The second-order valence-electron chi connectivity index (χ2n) is 6.38. The van der Waals surface area contributed by atoms with Crippen LogP contribution in [0.2, 0.25) is 0 Å². The normalized spacial score (nSPS) is 21.0. The highest BCUT2D eigenvalue weighted by atomic mass is 19.4. The summed E-state index contributed by atoms with van der Waals surface area (Å²) >= 11 is 0. The van der Waals surface area contributed by atoms with Gasteiger partial charge in [0.05, 0.1) is 18.3 Å². The SMILES string of the molecule is Cc1cccc2[nH]cc(CC(=O)N3C[C@@H](C(F)(F)F)[C@H](C(=O)O)C3)c12. The molecule has 25 heavy (non-hydrogen) atoms. The lowest BCUT2D eigenvalue weighted by molar-refractivity contribution is -0.188. The summed E-state index contributed by atoms with van der Waals surface area (Å²) in [5.41, 5.74) is 2.50. The van der Waals surface area contributed by atoms with E-state index in [1.54, 1.807) is 6.20 Å². The van der Waals surface area contributed by atoms with Crippen molar-refractivity contribution in [1.29, 1.82) is 0 Å². The van der Waals surface area contributed by atoms with Gasteiger partial charge in [-0.3, -0.25) is 9.59 Å². The smallest absolute Gasteiger partial charge is 0.394 e. The number of carboxylic acid groups (broad SMARTS) is 1. The number of aryl methyl sites for hydroxylation is 1. The van der Waals surface area contributed by atoms with E-state index in [-0.39, 0.29) is 6.42 Å². The van der Waals surface area contributed by atoms with Crippen molar-refractivity contribution in [3.8, 4) is 0 Å². The molecule has 2 atom stereocenters. The number of benzene rings is 1. The monoisotopic (exact) mass is 354 g/mol. The van der Waals surface area contributed by atoms with E-state index < -0.39 is 43.0 Å². The van der Waals surface area contributed by atoms with Crippen LogP contribution in [0.15, 0.2) is 24.4 Å². The van der Waals surface area contributed by atoms with E-state index in [1.165, 1.54) is 0 Å².